The van der Waals surface area contributed by atoms with Crippen molar-refractivity contribution < 1.29 is 19.8 Å². The molecule has 0 atom stereocenters. The predicted octanol–water partition coefficient (Wildman–Crippen LogP) is 2.33. The molecule has 0 saturated heterocycles. The van der Waals surface area contributed by atoms with Crippen molar-refractivity contribution >= 4 is 28.9 Å². The summed E-state index contributed by atoms with van der Waals surface area (Å²) in [7, 11) is 0. The molecule has 1 heterocycles. The normalized spacial score (nSPS) is 10.1. The second-order valence-corrected chi connectivity index (χ2v) is 4.67. The van der Waals surface area contributed by atoms with Gasteiger partial charge in [-0.1, -0.05) is 0 Å². The molecular formula is C13H11NO4S. The Morgan fingerprint density at radius 3 is 2.68 bits per heavy atom. The molecule has 0 unspecified atom stereocenters. The first kappa shape index (κ1) is 13.1. The van der Waals surface area contributed by atoms with Gasteiger partial charge in [0.15, 0.2) is 0 Å². The number of phenols is 1. The number of carboxylic acids is 1. The fourth-order valence-corrected chi connectivity index (χ4v) is 2.26. The summed E-state index contributed by atoms with van der Waals surface area (Å²) in [5.41, 5.74) is 0.905. The first-order chi connectivity index (χ1) is 9.06. The summed E-state index contributed by atoms with van der Waals surface area (Å²) >= 11 is 1.49. The monoisotopic (exact) mass is 277 g/mol. The van der Waals surface area contributed by atoms with Crippen LogP contribution in [0.3, 0.4) is 0 Å². The maximum Gasteiger partial charge on any atom is 0.337 e. The average molecular weight is 277 g/mol. The summed E-state index contributed by atoms with van der Waals surface area (Å²) in [5, 5.41) is 24.5. The number of aromatic hydroxyl groups is 1. The molecule has 2 aromatic rings. The summed E-state index contributed by atoms with van der Waals surface area (Å²) in [6.45, 7) is 0. The van der Waals surface area contributed by atoms with E-state index in [-0.39, 0.29) is 29.3 Å². The van der Waals surface area contributed by atoms with E-state index >= 15 is 0 Å². The number of nitrogens with one attached hydrogen (secondary N) is 1. The third kappa shape index (κ3) is 3.32. The number of carbonyl (C=O) groups excluding carboxylic acids is 1. The van der Waals surface area contributed by atoms with Crippen LogP contribution in [0.4, 0.5) is 5.69 Å². The summed E-state index contributed by atoms with van der Waals surface area (Å²) < 4.78 is 0. The van der Waals surface area contributed by atoms with Crippen LogP contribution in [0.5, 0.6) is 5.75 Å². The third-order valence-corrected chi connectivity index (χ3v) is 3.18. The van der Waals surface area contributed by atoms with E-state index < -0.39 is 5.97 Å². The van der Waals surface area contributed by atoms with Crippen LogP contribution in [0.25, 0.3) is 0 Å². The predicted molar refractivity (Wildman–Crippen MR) is 71.7 cm³/mol. The number of thiophene rings is 1. The zero-order valence-corrected chi connectivity index (χ0v) is 10.6. The molecule has 19 heavy (non-hydrogen) atoms. The molecule has 0 aliphatic heterocycles. The zero-order valence-electron chi connectivity index (χ0n) is 9.79. The first-order valence-corrected chi connectivity index (χ1v) is 6.38. The summed E-state index contributed by atoms with van der Waals surface area (Å²) in [6.07, 6.45) is 0.184. The van der Waals surface area contributed by atoms with Crippen molar-refractivity contribution in [2.45, 2.75) is 6.42 Å². The van der Waals surface area contributed by atoms with E-state index in [1.807, 2.05) is 16.8 Å². The Bertz CT molecular complexity index is 607. The van der Waals surface area contributed by atoms with E-state index in [9.17, 15) is 14.7 Å². The Morgan fingerprint density at radius 2 is 2.05 bits per heavy atom. The number of carboxylic acid groups (broad SMARTS) is 1. The Kier molecular flexibility index (Phi) is 3.82. The van der Waals surface area contributed by atoms with Crippen molar-refractivity contribution in [3.8, 4) is 5.75 Å². The van der Waals surface area contributed by atoms with Crippen LogP contribution < -0.4 is 5.32 Å². The number of rotatable bonds is 4. The lowest BCUT2D eigenvalue weighted by atomic mass is 10.1. The topological polar surface area (TPSA) is 86.6 Å². The zero-order chi connectivity index (χ0) is 13.8. The van der Waals surface area contributed by atoms with Crippen molar-refractivity contribution in [2.24, 2.45) is 0 Å². The first-order valence-electron chi connectivity index (χ1n) is 5.43. The van der Waals surface area contributed by atoms with E-state index in [0.29, 0.717) is 0 Å². The Hall–Kier alpha value is -2.34. The van der Waals surface area contributed by atoms with Gasteiger partial charge < -0.3 is 15.5 Å². The van der Waals surface area contributed by atoms with Crippen LogP contribution in [0, 0.1) is 0 Å². The number of amides is 1. The molecular weight excluding hydrogens is 266 g/mol. The Morgan fingerprint density at radius 1 is 1.26 bits per heavy atom. The molecule has 1 amide bonds. The number of aromatic carboxylic acids is 1. The van der Waals surface area contributed by atoms with Crippen LogP contribution >= 0.6 is 11.3 Å². The minimum absolute atomic E-state index is 0.140. The summed E-state index contributed by atoms with van der Waals surface area (Å²) in [4.78, 5) is 22.8. The van der Waals surface area contributed by atoms with Gasteiger partial charge in [0.2, 0.25) is 5.91 Å². The molecule has 6 heteroatoms. The van der Waals surface area contributed by atoms with Crippen molar-refractivity contribution in [3.05, 3.63) is 46.2 Å². The Labute approximate surface area is 113 Å². The van der Waals surface area contributed by atoms with Gasteiger partial charge in [0.1, 0.15) is 5.75 Å². The highest BCUT2D eigenvalue weighted by Crippen LogP contribution is 2.21. The second kappa shape index (κ2) is 5.53. The highest BCUT2D eigenvalue weighted by Gasteiger charge is 2.13. The van der Waals surface area contributed by atoms with Gasteiger partial charge in [0.25, 0.3) is 0 Å². The quantitative estimate of drug-likeness (QED) is 0.749. The largest absolute Gasteiger partial charge is 0.508 e. The Balaban J connectivity index is 2.14. The minimum atomic E-state index is -1.21. The molecule has 0 spiro atoms. The molecule has 5 nitrogen and oxygen atoms in total. The van der Waals surface area contributed by atoms with Crippen LogP contribution in [0.15, 0.2) is 35.0 Å². The highest BCUT2D eigenvalue weighted by atomic mass is 32.1. The second-order valence-electron chi connectivity index (χ2n) is 3.89. The van der Waals surface area contributed by atoms with Crippen LogP contribution in [0.1, 0.15) is 15.9 Å². The molecule has 0 bridgehead atoms. The number of anilines is 1. The summed E-state index contributed by atoms with van der Waals surface area (Å²) in [5.74, 6) is -1.67. The number of benzene rings is 1. The van der Waals surface area contributed by atoms with Gasteiger partial charge in [-0.15, -0.1) is 0 Å². The molecule has 0 aliphatic carbocycles. The average Bonchev–Trinajstić information content (AvgIpc) is 2.83. The van der Waals surface area contributed by atoms with E-state index in [1.54, 1.807) is 0 Å². The number of hydrogen-bond acceptors (Lipinski definition) is 4. The van der Waals surface area contributed by atoms with Gasteiger partial charge in [-0.25, -0.2) is 4.79 Å². The SMILES string of the molecule is O=C(Cc1ccsc1)Nc1ccc(O)cc1C(=O)O. The van der Waals surface area contributed by atoms with Gasteiger partial charge in [-0.3, -0.25) is 4.79 Å². The van der Waals surface area contributed by atoms with Gasteiger partial charge in [-0.2, -0.15) is 11.3 Å². The maximum atomic E-state index is 11.8. The molecule has 1 aromatic heterocycles. The third-order valence-electron chi connectivity index (χ3n) is 2.45. The molecule has 2 rings (SSSR count). The summed E-state index contributed by atoms with van der Waals surface area (Å²) in [6, 6.07) is 5.62. The van der Waals surface area contributed by atoms with Gasteiger partial charge >= 0.3 is 5.97 Å². The van der Waals surface area contributed by atoms with Crippen LogP contribution in [-0.4, -0.2) is 22.1 Å². The molecule has 0 saturated carbocycles. The van der Waals surface area contributed by atoms with E-state index in [2.05, 4.69) is 5.32 Å². The van der Waals surface area contributed by atoms with E-state index in [0.717, 1.165) is 11.6 Å². The minimum Gasteiger partial charge on any atom is -0.508 e. The lowest BCUT2D eigenvalue weighted by Gasteiger charge is -2.08. The van der Waals surface area contributed by atoms with Crippen molar-refractivity contribution in [1.82, 2.24) is 0 Å². The molecule has 3 N–H and O–H groups in total. The molecule has 0 fully saturated rings. The van der Waals surface area contributed by atoms with Gasteiger partial charge in [-0.05, 0) is 40.6 Å². The standard InChI is InChI=1S/C13H11NO4S/c15-9-1-2-11(10(6-9)13(17)18)14-12(16)5-8-3-4-19-7-8/h1-4,6-7,15H,5H2,(H,14,16)(H,17,18). The number of carbonyl (C=O) groups is 2. The molecule has 98 valence electrons. The van der Waals surface area contributed by atoms with E-state index in [4.69, 9.17) is 5.11 Å². The smallest absolute Gasteiger partial charge is 0.337 e. The van der Waals surface area contributed by atoms with Crippen molar-refractivity contribution in [3.63, 3.8) is 0 Å². The lowest BCUT2D eigenvalue weighted by molar-refractivity contribution is -0.115. The lowest BCUT2D eigenvalue weighted by Crippen LogP contribution is -2.16. The fourth-order valence-electron chi connectivity index (χ4n) is 1.59. The van der Waals surface area contributed by atoms with Gasteiger partial charge in [0.05, 0.1) is 17.7 Å². The van der Waals surface area contributed by atoms with Crippen LogP contribution in [-0.2, 0) is 11.2 Å². The number of hydrogen-bond donors (Lipinski definition) is 3. The van der Waals surface area contributed by atoms with E-state index in [1.165, 1.54) is 23.5 Å². The van der Waals surface area contributed by atoms with Crippen molar-refractivity contribution in [1.29, 1.82) is 0 Å². The highest BCUT2D eigenvalue weighted by molar-refractivity contribution is 7.08. The molecule has 0 aliphatic rings. The van der Waals surface area contributed by atoms with Gasteiger partial charge in [0, 0.05) is 0 Å². The van der Waals surface area contributed by atoms with Crippen molar-refractivity contribution in [2.75, 3.05) is 5.32 Å². The fraction of sp³-hybridized carbons (Fsp3) is 0.0769. The molecule has 1 aromatic carbocycles. The van der Waals surface area contributed by atoms with Crippen LogP contribution in [0.2, 0.25) is 0 Å². The molecule has 0 radical (unpaired) electrons. The number of phenolic OH excluding ortho intramolecular Hbond substituents is 1. The maximum absolute atomic E-state index is 11.8.